The number of carboxylic acid groups (broad SMARTS) is 1. The number of benzene rings is 1. The monoisotopic (exact) mass is 317 g/mol. The lowest BCUT2D eigenvalue weighted by molar-refractivity contribution is -0.141. The molecule has 0 amide bonds. The number of sulfonamides is 1. The van der Waals surface area contributed by atoms with Crippen molar-refractivity contribution in [3.63, 3.8) is 0 Å². The Morgan fingerprint density at radius 2 is 2.00 bits per heavy atom. The van der Waals surface area contributed by atoms with Crippen LogP contribution >= 0.6 is 0 Å². The van der Waals surface area contributed by atoms with E-state index in [4.69, 9.17) is 9.84 Å². The average Bonchev–Trinajstić information content (AvgIpc) is 2.44. The maximum atomic E-state index is 12.1. The summed E-state index contributed by atoms with van der Waals surface area (Å²) in [6, 6.07) is 3.39. The molecule has 8 nitrogen and oxygen atoms in total. The lowest BCUT2D eigenvalue weighted by Crippen LogP contribution is -2.31. The lowest BCUT2D eigenvalue weighted by atomic mass is 10.2. The Morgan fingerprint density at radius 1 is 1.33 bits per heavy atom. The molecule has 2 N–H and O–H groups in total. The van der Waals surface area contributed by atoms with Crippen LogP contribution in [-0.4, -0.2) is 45.7 Å². The van der Waals surface area contributed by atoms with Crippen LogP contribution < -0.4 is 9.46 Å². The molecule has 0 heterocycles. The first kappa shape index (κ1) is 16.9. The number of carbonyl (C=O) groups is 2. The van der Waals surface area contributed by atoms with Crippen molar-refractivity contribution in [3.8, 4) is 5.75 Å². The minimum atomic E-state index is -4.11. The van der Waals surface area contributed by atoms with Crippen molar-refractivity contribution in [1.29, 1.82) is 0 Å². The first-order chi connectivity index (χ1) is 9.81. The Labute approximate surface area is 121 Å². The van der Waals surface area contributed by atoms with Crippen LogP contribution in [0.2, 0.25) is 0 Å². The molecule has 21 heavy (non-hydrogen) atoms. The molecule has 0 aliphatic heterocycles. The summed E-state index contributed by atoms with van der Waals surface area (Å²) >= 11 is 0. The van der Waals surface area contributed by atoms with Gasteiger partial charge in [0.2, 0.25) is 10.0 Å². The van der Waals surface area contributed by atoms with Gasteiger partial charge in [-0.15, -0.1) is 0 Å². The Bertz CT molecular complexity index is 639. The maximum Gasteiger partial charge on any atom is 0.335 e. The van der Waals surface area contributed by atoms with Crippen molar-refractivity contribution in [3.05, 3.63) is 23.8 Å². The molecule has 1 aromatic rings. The molecule has 0 saturated heterocycles. The van der Waals surface area contributed by atoms with Crippen LogP contribution in [-0.2, 0) is 19.6 Å². The summed E-state index contributed by atoms with van der Waals surface area (Å²) in [7, 11) is -2.86. The molecule has 0 atom stereocenters. The molecule has 0 spiro atoms. The van der Waals surface area contributed by atoms with Crippen LogP contribution in [0.1, 0.15) is 17.3 Å². The Kier molecular flexibility index (Phi) is 5.68. The Hall–Kier alpha value is -2.13. The summed E-state index contributed by atoms with van der Waals surface area (Å²) in [6.45, 7) is 1.15. The number of rotatable bonds is 7. The summed E-state index contributed by atoms with van der Waals surface area (Å²) in [6.07, 6.45) is 0. The average molecular weight is 317 g/mol. The van der Waals surface area contributed by atoms with Gasteiger partial charge in [0.05, 0.1) is 19.3 Å². The fourth-order valence-corrected chi connectivity index (χ4v) is 2.63. The third-order valence-corrected chi connectivity index (χ3v) is 3.83. The first-order valence-electron chi connectivity index (χ1n) is 5.88. The minimum absolute atomic E-state index is 0.0311. The van der Waals surface area contributed by atoms with E-state index in [0.29, 0.717) is 0 Å². The summed E-state index contributed by atoms with van der Waals surface area (Å²) in [4.78, 5) is 21.7. The highest BCUT2D eigenvalue weighted by Crippen LogP contribution is 2.24. The zero-order valence-electron chi connectivity index (χ0n) is 11.5. The van der Waals surface area contributed by atoms with Crippen LogP contribution in [0.4, 0.5) is 0 Å². The second kappa shape index (κ2) is 7.04. The number of carbonyl (C=O) groups excluding carboxylic acids is 1. The van der Waals surface area contributed by atoms with Crippen molar-refractivity contribution in [2.45, 2.75) is 11.8 Å². The minimum Gasteiger partial charge on any atom is -0.495 e. The number of hydrogen-bond acceptors (Lipinski definition) is 6. The second-order valence-corrected chi connectivity index (χ2v) is 5.54. The molecule has 0 saturated carbocycles. The van der Waals surface area contributed by atoms with E-state index in [2.05, 4.69) is 4.74 Å². The third-order valence-electron chi connectivity index (χ3n) is 2.41. The van der Waals surface area contributed by atoms with Gasteiger partial charge in [-0.3, -0.25) is 4.79 Å². The van der Waals surface area contributed by atoms with Crippen LogP contribution in [0.3, 0.4) is 0 Å². The standard InChI is InChI=1S/C12H15NO7S/c1-3-20-11(14)7-13-21(17,18)10-6-8(12(15)16)4-5-9(10)19-2/h4-6,13H,3,7H2,1-2H3,(H,15,16). The quantitative estimate of drug-likeness (QED) is 0.691. The predicted octanol–water partition coefficient (Wildman–Crippen LogP) is 0.235. The van der Waals surface area contributed by atoms with Crippen molar-refractivity contribution >= 4 is 22.0 Å². The first-order valence-corrected chi connectivity index (χ1v) is 7.36. The molecule has 1 aromatic carbocycles. The highest BCUT2D eigenvalue weighted by Gasteiger charge is 2.22. The summed E-state index contributed by atoms with van der Waals surface area (Å²) in [5.74, 6) is -2.05. The van der Waals surface area contributed by atoms with Crippen molar-refractivity contribution in [2.75, 3.05) is 20.3 Å². The van der Waals surface area contributed by atoms with E-state index in [1.54, 1.807) is 6.92 Å². The van der Waals surface area contributed by atoms with Crippen LogP contribution in [0.25, 0.3) is 0 Å². The number of nitrogens with one attached hydrogen (secondary N) is 1. The molecular formula is C12H15NO7S. The van der Waals surface area contributed by atoms with Gasteiger partial charge in [0, 0.05) is 0 Å². The molecule has 1 rings (SSSR count). The molecule has 0 bridgehead atoms. The van der Waals surface area contributed by atoms with Crippen LogP contribution in [0, 0.1) is 0 Å². The van der Waals surface area contributed by atoms with E-state index in [1.807, 2.05) is 4.72 Å². The van der Waals surface area contributed by atoms with E-state index >= 15 is 0 Å². The van der Waals surface area contributed by atoms with E-state index in [0.717, 1.165) is 6.07 Å². The number of ether oxygens (including phenoxy) is 2. The van der Waals surface area contributed by atoms with E-state index in [9.17, 15) is 18.0 Å². The van der Waals surface area contributed by atoms with Crippen molar-refractivity contribution in [1.82, 2.24) is 4.72 Å². The molecule has 0 aliphatic carbocycles. The Morgan fingerprint density at radius 3 is 2.52 bits per heavy atom. The van der Waals surface area contributed by atoms with Crippen molar-refractivity contribution < 1.29 is 32.6 Å². The zero-order valence-corrected chi connectivity index (χ0v) is 12.3. The second-order valence-electron chi connectivity index (χ2n) is 3.80. The lowest BCUT2D eigenvalue weighted by Gasteiger charge is -2.11. The summed E-state index contributed by atoms with van der Waals surface area (Å²) < 4.78 is 35.7. The zero-order chi connectivity index (χ0) is 16.0. The number of aromatic carboxylic acids is 1. The predicted molar refractivity (Wildman–Crippen MR) is 71.8 cm³/mol. The normalized spacial score (nSPS) is 11.0. The van der Waals surface area contributed by atoms with Gasteiger partial charge in [-0.05, 0) is 25.1 Å². The van der Waals surface area contributed by atoms with Crippen LogP contribution in [0.5, 0.6) is 5.75 Å². The van der Waals surface area contributed by atoms with E-state index in [1.165, 1.54) is 19.2 Å². The molecule has 9 heteroatoms. The largest absolute Gasteiger partial charge is 0.495 e. The van der Waals surface area contributed by atoms with Gasteiger partial charge in [0.1, 0.15) is 17.2 Å². The molecule has 116 valence electrons. The smallest absolute Gasteiger partial charge is 0.335 e. The Balaban J connectivity index is 3.08. The van der Waals surface area contributed by atoms with Gasteiger partial charge in [-0.2, -0.15) is 4.72 Å². The van der Waals surface area contributed by atoms with Gasteiger partial charge in [-0.1, -0.05) is 0 Å². The molecule has 0 aliphatic rings. The van der Waals surface area contributed by atoms with E-state index in [-0.39, 0.29) is 22.8 Å². The third kappa shape index (κ3) is 4.43. The number of esters is 1. The fraction of sp³-hybridized carbons (Fsp3) is 0.333. The van der Waals surface area contributed by atoms with Gasteiger partial charge in [0.15, 0.2) is 0 Å². The number of carboxylic acids is 1. The molecule has 0 fully saturated rings. The van der Waals surface area contributed by atoms with Gasteiger partial charge in [-0.25, -0.2) is 13.2 Å². The topological polar surface area (TPSA) is 119 Å². The summed E-state index contributed by atoms with van der Waals surface area (Å²) in [5.41, 5.74) is -0.215. The van der Waals surface area contributed by atoms with Gasteiger partial charge < -0.3 is 14.6 Å². The SMILES string of the molecule is CCOC(=O)CNS(=O)(=O)c1cc(C(=O)O)ccc1OC. The molecular weight excluding hydrogens is 302 g/mol. The molecule has 0 radical (unpaired) electrons. The highest BCUT2D eigenvalue weighted by atomic mass is 32.2. The molecule has 0 unspecified atom stereocenters. The number of methoxy groups -OCH3 is 1. The summed E-state index contributed by atoms with van der Waals surface area (Å²) in [5, 5.41) is 8.90. The van der Waals surface area contributed by atoms with E-state index < -0.39 is 28.5 Å². The molecule has 0 aromatic heterocycles. The highest BCUT2D eigenvalue weighted by molar-refractivity contribution is 7.89. The van der Waals surface area contributed by atoms with Crippen LogP contribution in [0.15, 0.2) is 23.1 Å². The van der Waals surface area contributed by atoms with Gasteiger partial charge >= 0.3 is 11.9 Å². The van der Waals surface area contributed by atoms with Gasteiger partial charge in [0.25, 0.3) is 0 Å². The maximum absolute atomic E-state index is 12.1. The number of hydrogen-bond donors (Lipinski definition) is 2. The van der Waals surface area contributed by atoms with Crippen molar-refractivity contribution in [2.24, 2.45) is 0 Å². The fourth-order valence-electron chi connectivity index (χ4n) is 1.46.